The van der Waals surface area contributed by atoms with Crippen LogP contribution in [0.2, 0.25) is 0 Å². The van der Waals surface area contributed by atoms with E-state index in [2.05, 4.69) is 5.32 Å². The Morgan fingerprint density at radius 3 is 2.81 bits per heavy atom. The molecule has 1 fully saturated rings. The largest absolute Gasteiger partial charge is 0.497 e. The van der Waals surface area contributed by atoms with Gasteiger partial charge in [0.2, 0.25) is 0 Å². The Balaban J connectivity index is 1.55. The van der Waals surface area contributed by atoms with Crippen LogP contribution in [0.15, 0.2) is 42.5 Å². The summed E-state index contributed by atoms with van der Waals surface area (Å²) in [7, 11) is 1.63. The zero-order valence-corrected chi connectivity index (χ0v) is 15.3. The Bertz CT molecular complexity index is 819. The van der Waals surface area contributed by atoms with Gasteiger partial charge < -0.3 is 14.8 Å². The van der Waals surface area contributed by atoms with Gasteiger partial charge in [0.25, 0.3) is 0 Å². The van der Waals surface area contributed by atoms with Crippen molar-refractivity contribution in [3.05, 3.63) is 59.4 Å². The molecule has 2 aliphatic heterocycles. The SMILES string of the molecule is COc1ccc2c(c1)CCN2C(=O)N[C@@H](c1ccc(F)cc1)[C@H]1CCCO1. The number of nitrogens with zero attached hydrogens (tertiary/aromatic N) is 1. The molecule has 1 N–H and O–H groups in total. The molecule has 1 saturated heterocycles. The van der Waals surface area contributed by atoms with Crippen molar-refractivity contribution in [2.24, 2.45) is 0 Å². The monoisotopic (exact) mass is 370 g/mol. The Hall–Kier alpha value is -2.60. The zero-order valence-electron chi connectivity index (χ0n) is 15.3. The number of ether oxygens (including phenoxy) is 2. The van der Waals surface area contributed by atoms with Crippen LogP contribution < -0.4 is 15.0 Å². The Morgan fingerprint density at radius 2 is 2.11 bits per heavy atom. The van der Waals surface area contributed by atoms with Crippen molar-refractivity contribution >= 4 is 11.7 Å². The molecule has 2 atom stereocenters. The number of methoxy groups -OCH3 is 1. The standard InChI is InChI=1S/C21H23FN2O3/c1-26-17-8-9-18-15(13-17)10-11-24(18)21(25)23-20(19-3-2-12-27-19)14-4-6-16(22)7-5-14/h4-9,13,19-20H,2-3,10-12H2,1H3,(H,23,25)/t19-,20+/m1/s1. The number of carbonyl (C=O) groups is 1. The van der Waals surface area contributed by atoms with Crippen molar-refractivity contribution in [2.45, 2.75) is 31.4 Å². The minimum atomic E-state index is -0.303. The molecule has 0 saturated carbocycles. The molecule has 27 heavy (non-hydrogen) atoms. The molecule has 0 spiro atoms. The van der Waals surface area contributed by atoms with Crippen LogP contribution in [0.25, 0.3) is 0 Å². The average molecular weight is 370 g/mol. The minimum Gasteiger partial charge on any atom is -0.497 e. The van der Waals surface area contributed by atoms with Crippen molar-refractivity contribution in [3.63, 3.8) is 0 Å². The lowest BCUT2D eigenvalue weighted by Gasteiger charge is -2.28. The van der Waals surface area contributed by atoms with Crippen molar-refractivity contribution in [1.29, 1.82) is 0 Å². The predicted molar refractivity (Wildman–Crippen MR) is 101 cm³/mol. The second-order valence-corrected chi connectivity index (χ2v) is 6.93. The summed E-state index contributed by atoms with van der Waals surface area (Å²) in [5.41, 5.74) is 2.85. The van der Waals surface area contributed by atoms with E-state index in [9.17, 15) is 9.18 Å². The number of halogens is 1. The quantitative estimate of drug-likeness (QED) is 0.890. The number of rotatable bonds is 4. The van der Waals surface area contributed by atoms with Crippen LogP contribution in [0.4, 0.5) is 14.9 Å². The molecule has 4 rings (SSSR count). The molecule has 142 valence electrons. The summed E-state index contributed by atoms with van der Waals surface area (Å²) < 4.78 is 24.4. The van der Waals surface area contributed by atoms with E-state index in [1.165, 1.54) is 12.1 Å². The molecule has 6 heteroatoms. The first kappa shape index (κ1) is 17.8. The van der Waals surface area contributed by atoms with Gasteiger partial charge in [-0.1, -0.05) is 12.1 Å². The van der Waals surface area contributed by atoms with Gasteiger partial charge in [-0.2, -0.15) is 0 Å². The van der Waals surface area contributed by atoms with Gasteiger partial charge in [-0.25, -0.2) is 9.18 Å². The van der Waals surface area contributed by atoms with Crippen molar-refractivity contribution in [3.8, 4) is 5.75 Å². The third-order valence-corrected chi connectivity index (χ3v) is 5.27. The summed E-state index contributed by atoms with van der Waals surface area (Å²) in [5.74, 6) is 0.498. The summed E-state index contributed by atoms with van der Waals surface area (Å²) in [4.78, 5) is 14.8. The lowest BCUT2D eigenvalue weighted by atomic mass is 9.99. The minimum absolute atomic E-state index is 0.0997. The second kappa shape index (κ2) is 7.56. The Morgan fingerprint density at radius 1 is 1.30 bits per heavy atom. The van der Waals surface area contributed by atoms with Gasteiger partial charge in [-0.05, 0) is 60.7 Å². The molecule has 0 bridgehead atoms. The molecule has 0 aromatic heterocycles. The molecule has 0 radical (unpaired) electrons. The van der Waals surface area contributed by atoms with Crippen LogP contribution in [-0.2, 0) is 11.2 Å². The maximum atomic E-state index is 13.3. The van der Waals surface area contributed by atoms with E-state index in [-0.39, 0.29) is 24.0 Å². The molecule has 2 amide bonds. The molecular formula is C21H23FN2O3. The molecule has 2 aliphatic rings. The number of carbonyl (C=O) groups excluding carboxylic acids is 1. The van der Waals surface area contributed by atoms with E-state index in [1.807, 2.05) is 18.2 Å². The number of urea groups is 1. The van der Waals surface area contributed by atoms with Crippen LogP contribution in [0, 0.1) is 5.82 Å². The highest BCUT2D eigenvalue weighted by molar-refractivity contribution is 5.94. The predicted octanol–water partition coefficient (Wildman–Crippen LogP) is 3.83. The first-order chi connectivity index (χ1) is 13.2. The van der Waals surface area contributed by atoms with Gasteiger partial charge in [0, 0.05) is 18.8 Å². The fourth-order valence-electron chi connectivity index (χ4n) is 3.85. The summed E-state index contributed by atoms with van der Waals surface area (Å²) in [6.07, 6.45) is 2.53. The van der Waals surface area contributed by atoms with Crippen molar-refractivity contribution in [2.75, 3.05) is 25.2 Å². The van der Waals surface area contributed by atoms with E-state index >= 15 is 0 Å². The molecule has 0 aliphatic carbocycles. The number of hydrogen-bond donors (Lipinski definition) is 1. The number of nitrogens with one attached hydrogen (secondary N) is 1. The molecule has 2 heterocycles. The van der Waals surface area contributed by atoms with Crippen LogP contribution >= 0.6 is 0 Å². The first-order valence-corrected chi connectivity index (χ1v) is 9.28. The van der Waals surface area contributed by atoms with Crippen LogP contribution in [0.3, 0.4) is 0 Å². The molecule has 2 aromatic carbocycles. The van der Waals surface area contributed by atoms with Gasteiger partial charge in [0.1, 0.15) is 11.6 Å². The van der Waals surface area contributed by atoms with Gasteiger partial charge in [-0.15, -0.1) is 0 Å². The van der Waals surface area contributed by atoms with Crippen molar-refractivity contribution < 1.29 is 18.7 Å². The second-order valence-electron chi connectivity index (χ2n) is 6.93. The maximum absolute atomic E-state index is 13.3. The van der Waals surface area contributed by atoms with Gasteiger partial charge >= 0.3 is 6.03 Å². The summed E-state index contributed by atoms with van der Waals surface area (Å²) in [6, 6.07) is 11.5. The van der Waals surface area contributed by atoms with Crippen molar-refractivity contribution in [1.82, 2.24) is 5.32 Å². The van der Waals surface area contributed by atoms with Crippen LogP contribution in [0.1, 0.15) is 30.0 Å². The summed E-state index contributed by atoms with van der Waals surface area (Å²) >= 11 is 0. The third kappa shape index (κ3) is 3.62. The van der Waals surface area contributed by atoms with Gasteiger partial charge in [0.05, 0.1) is 19.3 Å². The fraction of sp³-hybridized carbons (Fsp3) is 0.381. The van der Waals surface area contributed by atoms with E-state index in [4.69, 9.17) is 9.47 Å². The lowest BCUT2D eigenvalue weighted by Crippen LogP contribution is -2.44. The molecule has 2 aromatic rings. The number of amides is 2. The zero-order chi connectivity index (χ0) is 18.8. The third-order valence-electron chi connectivity index (χ3n) is 5.27. The highest BCUT2D eigenvalue weighted by Gasteiger charge is 2.32. The normalized spacial score (nSPS) is 19.6. The smallest absolute Gasteiger partial charge is 0.322 e. The van der Waals surface area contributed by atoms with E-state index in [0.29, 0.717) is 13.2 Å². The van der Waals surface area contributed by atoms with Gasteiger partial charge in [-0.3, -0.25) is 4.90 Å². The maximum Gasteiger partial charge on any atom is 0.322 e. The fourth-order valence-corrected chi connectivity index (χ4v) is 3.85. The summed E-state index contributed by atoms with van der Waals surface area (Å²) in [6.45, 7) is 1.31. The van der Waals surface area contributed by atoms with E-state index in [1.54, 1.807) is 24.1 Å². The van der Waals surface area contributed by atoms with Crippen LogP contribution in [-0.4, -0.2) is 32.4 Å². The average Bonchev–Trinajstić information content (AvgIpc) is 3.36. The van der Waals surface area contributed by atoms with E-state index in [0.717, 1.165) is 41.8 Å². The lowest BCUT2D eigenvalue weighted by molar-refractivity contribution is 0.0811. The van der Waals surface area contributed by atoms with E-state index < -0.39 is 0 Å². The number of hydrogen-bond acceptors (Lipinski definition) is 3. The first-order valence-electron chi connectivity index (χ1n) is 9.28. The van der Waals surface area contributed by atoms with Gasteiger partial charge in [0.15, 0.2) is 0 Å². The topological polar surface area (TPSA) is 50.8 Å². The number of benzene rings is 2. The molecular weight excluding hydrogens is 347 g/mol. The molecule has 0 unspecified atom stereocenters. The molecule has 5 nitrogen and oxygen atoms in total. The number of fused-ring (bicyclic) bond motifs is 1. The summed E-state index contributed by atoms with van der Waals surface area (Å²) in [5, 5.41) is 3.11. The highest BCUT2D eigenvalue weighted by Crippen LogP contribution is 2.33. The Kier molecular flexibility index (Phi) is 4.99. The van der Waals surface area contributed by atoms with Crippen LogP contribution in [0.5, 0.6) is 5.75 Å². The highest BCUT2D eigenvalue weighted by atomic mass is 19.1. The Labute approximate surface area is 158 Å². The number of anilines is 1.